The molecule has 0 unspecified atom stereocenters. The fourth-order valence-corrected chi connectivity index (χ4v) is 1.93. The van der Waals surface area contributed by atoms with Gasteiger partial charge in [-0.3, -0.25) is 4.98 Å². The van der Waals surface area contributed by atoms with Crippen LogP contribution < -0.4 is 4.74 Å². The van der Waals surface area contributed by atoms with Gasteiger partial charge in [0.15, 0.2) is 0 Å². The van der Waals surface area contributed by atoms with Crippen LogP contribution in [0.25, 0.3) is 0 Å². The molecule has 2 aromatic rings. The maximum atomic E-state index is 11.2. The summed E-state index contributed by atoms with van der Waals surface area (Å²) in [6.45, 7) is 0. The van der Waals surface area contributed by atoms with Crippen LogP contribution in [0.2, 0.25) is 5.02 Å². The molecule has 1 N–H and O–H groups in total. The van der Waals surface area contributed by atoms with Crippen molar-refractivity contribution in [2.24, 2.45) is 0 Å². The Kier molecular flexibility index (Phi) is 4.02. The largest absolute Gasteiger partial charge is 0.497 e. The molecular weight excluding hydrogens is 266 g/mol. The number of carboxylic acids is 1. The number of hydrogen-bond donors (Lipinski definition) is 1. The van der Waals surface area contributed by atoms with Crippen LogP contribution in [0.15, 0.2) is 36.5 Å². The molecule has 1 heterocycles. The minimum absolute atomic E-state index is 0.121. The number of pyridine rings is 1. The molecule has 4 nitrogen and oxygen atoms in total. The fraction of sp³-hybridized carbons (Fsp3) is 0.143. The predicted octanol–water partition coefficient (Wildman–Crippen LogP) is 3.03. The van der Waals surface area contributed by atoms with Gasteiger partial charge in [0.05, 0.1) is 23.4 Å². The van der Waals surface area contributed by atoms with Crippen LogP contribution in [0, 0.1) is 0 Å². The lowest BCUT2D eigenvalue weighted by molar-refractivity contribution is 0.0695. The lowest BCUT2D eigenvalue weighted by Gasteiger charge is -2.07. The van der Waals surface area contributed by atoms with Crippen LogP contribution in [0.3, 0.4) is 0 Å². The number of ether oxygens (including phenoxy) is 1. The van der Waals surface area contributed by atoms with Crippen molar-refractivity contribution < 1.29 is 14.6 Å². The Hall–Kier alpha value is -2.07. The number of hydrogen-bond acceptors (Lipinski definition) is 3. The molecule has 1 aromatic carbocycles. The second-order valence-corrected chi connectivity index (χ2v) is 4.42. The van der Waals surface area contributed by atoms with E-state index in [-0.39, 0.29) is 5.56 Å². The van der Waals surface area contributed by atoms with Crippen molar-refractivity contribution in [1.29, 1.82) is 0 Å². The van der Waals surface area contributed by atoms with Crippen molar-refractivity contribution in [2.75, 3.05) is 7.11 Å². The molecule has 0 aliphatic heterocycles. The molecule has 2 rings (SSSR count). The van der Waals surface area contributed by atoms with Crippen molar-refractivity contribution in [3.63, 3.8) is 0 Å². The van der Waals surface area contributed by atoms with Crippen LogP contribution >= 0.6 is 11.6 Å². The second kappa shape index (κ2) is 5.71. The van der Waals surface area contributed by atoms with E-state index in [1.165, 1.54) is 12.3 Å². The van der Waals surface area contributed by atoms with Crippen LogP contribution in [-0.4, -0.2) is 23.2 Å². The highest BCUT2D eigenvalue weighted by molar-refractivity contribution is 6.30. The number of halogens is 1. The van der Waals surface area contributed by atoms with Crippen molar-refractivity contribution >= 4 is 17.6 Å². The Bertz CT molecular complexity index is 613. The molecule has 0 spiro atoms. The summed E-state index contributed by atoms with van der Waals surface area (Å²) in [4.78, 5) is 15.3. The smallest absolute Gasteiger partial charge is 0.337 e. The Morgan fingerprint density at radius 1 is 1.42 bits per heavy atom. The van der Waals surface area contributed by atoms with Gasteiger partial charge >= 0.3 is 5.97 Å². The molecule has 0 amide bonds. The zero-order chi connectivity index (χ0) is 13.8. The first-order chi connectivity index (χ1) is 9.10. The summed E-state index contributed by atoms with van der Waals surface area (Å²) >= 11 is 5.77. The monoisotopic (exact) mass is 277 g/mol. The summed E-state index contributed by atoms with van der Waals surface area (Å²) in [6, 6.07) is 8.83. The van der Waals surface area contributed by atoms with E-state index in [1.807, 2.05) is 24.3 Å². The number of carbonyl (C=O) groups is 1. The molecule has 0 fully saturated rings. The lowest BCUT2D eigenvalue weighted by atomic mass is 10.0. The summed E-state index contributed by atoms with van der Waals surface area (Å²) < 4.78 is 5.13. The highest BCUT2D eigenvalue weighted by atomic mass is 35.5. The maximum absolute atomic E-state index is 11.2. The zero-order valence-electron chi connectivity index (χ0n) is 10.3. The first-order valence-corrected chi connectivity index (χ1v) is 5.98. The number of nitrogens with zero attached hydrogens (tertiary/aromatic N) is 1. The van der Waals surface area contributed by atoms with Crippen LogP contribution in [0.1, 0.15) is 21.6 Å². The van der Waals surface area contributed by atoms with E-state index < -0.39 is 5.97 Å². The van der Waals surface area contributed by atoms with Crippen LogP contribution in [0.4, 0.5) is 0 Å². The van der Waals surface area contributed by atoms with Gasteiger partial charge in [0.1, 0.15) is 5.75 Å². The molecule has 5 heteroatoms. The Morgan fingerprint density at radius 2 is 2.21 bits per heavy atom. The molecule has 0 aliphatic rings. The van der Waals surface area contributed by atoms with Gasteiger partial charge < -0.3 is 9.84 Å². The third kappa shape index (κ3) is 3.23. The number of methoxy groups -OCH3 is 1. The Labute approximate surface area is 115 Å². The van der Waals surface area contributed by atoms with E-state index in [2.05, 4.69) is 4.98 Å². The van der Waals surface area contributed by atoms with E-state index in [0.717, 1.165) is 11.3 Å². The molecule has 1 aromatic heterocycles. The standard InChI is InChI=1S/C14H12ClNO3/c1-19-11-4-2-3-9(5-11)6-13-12(14(17)18)7-10(15)8-16-13/h2-5,7-8H,6H2,1H3,(H,17,18). The first kappa shape index (κ1) is 13.4. The number of rotatable bonds is 4. The average Bonchev–Trinajstić information content (AvgIpc) is 2.41. The van der Waals surface area contributed by atoms with Gasteiger partial charge in [0.2, 0.25) is 0 Å². The SMILES string of the molecule is COc1cccc(Cc2ncc(Cl)cc2C(=O)O)c1. The quantitative estimate of drug-likeness (QED) is 0.933. The number of aromatic carboxylic acids is 1. The van der Waals surface area contributed by atoms with Gasteiger partial charge in [-0.2, -0.15) is 0 Å². The molecule has 0 saturated heterocycles. The highest BCUT2D eigenvalue weighted by Crippen LogP contribution is 2.19. The van der Waals surface area contributed by atoms with Gasteiger partial charge in [0.25, 0.3) is 0 Å². The van der Waals surface area contributed by atoms with Gasteiger partial charge in [-0.1, -0.05) is 23.7 Å². The summed E-state index contributed by atoms with van der Waals surface area (Å²) in [6.07, 6.45) is 1.86. The first-order valence-electron chi connectivity index (χ1n) is 5.61. The molecule has 0 saturated carbocycles. The van der Waals surface area contributed by atoms with Gasteiger partial charge in [-0.25, -0.2) is 4.79 Å². The van der Waals surface area contributed by atoms with Gasteiger partial charge in [-0.05, 0) is 23.8 Å². The fourth-order valence-electron chi connectivity index (χ4n) is 1.77. The molecule has 19 heavy (non-hydrogen) atoms. The minimum atomic E-state index is -1.03. The number of benzene rings is 1. The average molecular weight is 278 g/mol. The molecule has 0 atom stereocenters. The third-order valence-corrected chi connectivity index (χ3v) is 2.88. The van der Waals surface area contributed by atoms with E-state index in [1.54, 1.807) is 7.11 Å². The maximum Gasteiger partial charge on any atom is 0.337 e. The molecule has 0 radical (unpaired) electrons. The van der Waals surface area contributed by atoms with Crippen molar-refractivity contribution in [3.8, 4) is 5.75 Å². The van der Waals surface area contributed by atoms with E-state index in [4.69, 9.17) is 21.4 Å². The van der Waals surface area contributed by atoms with E-state index in [9.17, 15) is 4.79 Å². The van der Waals surface area contributed by atoms with Crippen molar-refractivity contribution in [2.45, 2.75) is 6.42 Å². The minimum Gasteiger partial charge on any atom is -0.497 e. The third-order valence-electron chi connectivity index (χ3n) is 2.67. The topological polar surface area (TPSA) is 59.4 Å². The summed E-state index contributed by atoms with van der Waals surface area (Å²) in [5.41, 5.74) is 1.53. The highest BCUT2D eigenvalue weighted by Gasteiger charge is 2.13. The van der Waals surface area contributed by atoms with E-state index >= 15 is 0 Å². The van der Waals surface area contributed by atoms with Crippen LogP contribution in [0.5, 0.6) is 5.75 Å². The zero-order valence-corrected chi connectivity index (χ0v) is 11.0. The van der Waals surface area contributed by atoms with E-state index in [0.29, 0.717) is 17.1 Å². The van der Waals surface area contributed by atoms with Gasteiger partial charge in [-0.15, -0.1) is 0 Å². The van der Waals surface area contributed by atoms with Gasteiger partial charge in [0, 0.05) is 12.6 Å². The van der Waals surface area contributed by atoms with Crippen molar-refractivity contribution in [1.82, 2.24) is 4.98 Å². The molecule has 0 aliphatic carbocycles. The summed E-state index contributed by atoms with van der Waals surface area (Å²) in [7, 11) is 1.59. The molecule has 98 valence electrons. The molecule has 0 bridgehead atoms. The summed E-state index contributed by atoms with van der Waals surface area (Å²) in [5.74, 6) is -0.309. The Balaban J connectivity index is 2.34. The molecular formula is C14H12ClNO3. The second-order valence-electron chi connectivity index (χ2n) is 3.98. The van der Waals surface area contributed by atoms with Crippen LogP contribution in [-0.2, 0) is 6.42 Å². The predicted molar refractivity (Wildman–Crippen MR) is 72.0 cm³/mol. The normalized spacial score (nSPS) is 10.2. The lowest BCUT2D eigenvalue weighted by Crippen LogP contribution is -2.05. The number of carboxylic acid groups (broad SMARTS) is 1. The summed E-state index contributed by atoms with van der Waals surface area (Å²) in [5, 5.41) is 9.46. The number of aromatic nitrogens is 1. The Morgan fingerprint density at radius 3 is 2.89 bits per heavy atom. The van der Waals surface area contributed by atoms with Crippen molar-refractivity contribution in [3.05, 3.63) is 58.4 Å².